The summed E-state index contributed by atoms with van der Waals surface area (Å²) in [6, 6.07) is 14.1. The zero-order chi connectivity index (χ0) is 24.0. The lowest BCUT2D eigenvalue weighted by Gasteiger charge is -2.24. The van der Waals surface area contributed by atoms with E-state index < -0.39 is 23.8 Å². The van der Waals surface area contributed by atoms with E-state index in [1.807, 2.05) is 6.07 Å². The summed E-state index contributed by atoms with van der Waals surface area (Å²) >= 11 is 0. The van der Waals surface area contributed by atoms with E-state index in [1.54, 1.807) is 24.3 Å². The van der Waals surface area contributed by atoms with Crippen molar-refractivity contribution in [3.8, 4) is 5.75 Å². The number of nitrogens with one attached hydrogen (secondary N) is 1. The number of nitrogen functional groups attached to an aromatic ring is 1. The third-order valence-electron chi connectivity index (χ3n) is 4.74. The Bertz CT molecular complexity index is 1230. The van der Waals surface area contributed by atoms with Crippen LogP contribution in [0.5, 0.6) is 5.75 Å². The van der Waals surface area contributed by atoms with Crippen LogP contribution in [0.25, 0.3) is 0 Å². The molecule has 0 aliphatic rings. The number of carbonyl (C=O) groups is 1. The first-order chi connectivity index (χ1) is 15.8. The molecule has 0 aliphatic heterocycles. The number of amides is 1. The van der Waals surface area contributed by atoms with E-state index in [1.165, 1.54) is 25.3 Å². The molecule has 0 aliphatic carbocycles. The molecular formula is C22H22F2N4O5. The summed E-state index contributed by atoms with van der Waals surface area (Å²) in [6.45, 7) is -3.07. The fraction of sp³-hybridized carbons (Fsp3) is 0.227. The molecule has 0 atom stereocenters. The number of anilines is 2. The molecule has 11 heteroatoms. The molecule has 174 valence electrons. The van der Waals surface area contributed by atoms with Crippen LogP contribution in [-0.2, 0) is 11.3 Å². The maximum atomic E-state index is 13.3. The molecule has 0 spiro atoms. The normalized spacial score (nSPS) is 10.9. The van der Waals surface area contributed by atoms with Gasteiger partial charge in [0.15, 0.2) is 5.69 Å². The van der Waals surface area contributed by atoms with Crippen molar-refractivity contribution >= 4 is 17.4 Å². The van der Waals surface area contributed by atoms with Crippen LogP contribution in [0.2, 0.25) is 0 Å². The monoisotopic (exact) mass is 460 g/mol. The smallest absolute Gasteiger partial charge is 0.387 e. The molecule has 1 aromatic heterocycles. The van der Waals surface area contributed by atoms with E-state index >= 15 is 0 Å². The van der Waals surface area contributed by atoms with Crippen LogP contribution in [0, 0.1) is 0 Å². The van der Waals surface area contributed by atoms with Gasteiger partial charge in [-0.15, -0.1) is 0 Å². The zero-order valence-electron chi connectivity index (χ0n) is 17.7. The molecule has 1 heterocycles. The Kier molecular flexibility index (Phi) is 7.57. The van der Waals surface area contributed by atoms with E-state index in [0.29, 0.717) is 0 Å². The molecule has 1 amide bonds. The highest BCUT2D eigenvalue weighted by molar-refractivity contribution is 6.07. The second-order valence-electron chi connectivity index (χ2n) is 6.92. The highest BCUT2D eigenvalue weighted by atomic mass is 19.3. The number of nitrogens with two attached hydrogens (primary N) is 1. The van der Waals surface area contributed by atoms with Crippen molar-refractivity contribution in [1.82, 2.24) is 9.55 Å². The molecule has 3 rings (SSSR count). The lowest BCUT2D eigenvalue weighted by atomic mass is 10.1. The lowest BCUT2D eigenvalue weighted by molar-refractivity contribution is -0.0498. The molecule has 0 radical (unpaired) electrons. The number of H-pyrrole nitrogens is 1. The maximum Gasteiger partial charge on any atom is 0.387 e. The summed E-state index contributed by atoms with van der Waals surface area (Å²) in [6.07, 6.45) is 0. The quantitative estimate of drug-likeness (QED) is 0.505. The highest BCUT2D eigenvalue weighted by Crippen LogP contribution is 2.22. The summed E-state index contributed by atoms with van der Waals surface area (Å²) < 4.78 is 35.7. The number of aromatic amines is 1. The van der Waals surface area contributed by atoms with Gasteiger partial charge in [-0.05, 0) is 23.8 Å². The van der Waals surface area contributed by atoms with Crippen LogP contribution in [-0.4, -0.2) is 42.3 Å². The average molecular weight is 460 g/mol. The number of alkyl halides is 2. The first-order valence-corrected chi connectivity index (χ1v) is 9.84. The van der Waals surface area contributed by atoms with Crippen LogP contribution >= 0.6 is 0 Å². The summed E-state index contributed by atoms with van der Waals surface area (Å²) in [5.74, 6) is -1.16. The standard InChI is InChI=1S/C22H22F2N4O5/c1-32-11-10-27(20(30)15-8-5-9-16(12-15)33-21(23)24)17-18(25)28(22(31)26-19(17)29)13-14-6-3-2-4-7-14/h2-9,12,21H,10-11,13,25H2,1H3,(H,26,29,31). The maximum absolute atomic E-state index is 13.3. The Labute approximate surface area is 187 Å². The summed E-state index contributed by atoms with van der Waals surface area (Å²) in [7, 11) is 1.41. The average Bonchev–Trinajstić information content (AvgIpc) is 2.78. The van der Waals surface area contributed by atoms with Crippen molar-refractivity contribution in [2.45, 2.75) is 13.2 Å². The molecular weight excluding hydrogens is 438 g/mol. The second-order valence-corrected chi connectivity index (χ2v) is 6.92. The summed E-state index contributed by atoms with van der Waals surface area (Å²) in [5.41, 5.74) is 5.06. The van der Waals surface area contributed by atoms with Crippen molar-refractivity contribution in [2.75, 3.05) is 30.9 Å². The van der Waals surface area contributed by atoms with Crippen molar-refractivity contribution in [3.63, 3.8) is 0 Å². The minimum atomic E-state index is -3.07. The number of nitrogens with zero attached hydrogens (tertiary/aromatic N) is 2. The minimum Gasteiger partial charge on any atom is -0.435 e. The predicted molar refractivity (Wildman–Crippen MR) is 118 cm³/mol. The lowest BCUT2D eigenvalue weighted by Crippen LogP contribution is -2.42. The minimum absolute atomic E-state index is 0.0242. The van der Waals surface area contributed by atoms with Crippen LogP contribution in [0.3, 0.4) is 0 Å². The van der Waals surface area contributed by atoms with Gasteiger partial charge in [-0.25, -0.2) is 4.79 Å². The molecule has 9 nitrogen and oxygen atoms in total. The molecule has 3 aromatic rings. The second kappa shape index (κ2) is 10.6. The van der Waals surface area contributed by atoms with Gasteiger partial charge in [-0.1, -0.05) is 36.4 Å². The summed E-state index contributed by atoms with van der Waals surface area (Å²) in [5, 5.41) is 0. The number of rotatable bonds is 9. The number of aromatic nitrogens is 2. The number of hydrogen-bond acceptors (Lipinski definition) is 6. The van der Waals surface area contributed by atoms with Gasteiger partial charge in [0.05, 0.1) is 13.2 Å². The van der Waals surface area contributed by atoms with Gasteiger partial charge in [0.2, 0.25) is 0 Å². The van der Waals surface area contributed by atoms with Gasteiger partial charge < -0.3 is 15.2 Å². The third-order valence-corrected chi connectivity index (χ3v) is 4.74. The fourth-order valence-corrected chi connectivity index (χ4v) is 3.22. The highest BCUT2D eigenvalue weighted by Gasteiger charge is 2.25. The first-order valence-electron chi connectivity index (χ1n) is 9.84. The Hall–Kier alpha value is -3.99. The molecule has 33 heavy (non-hydrogen) atoms. The molecule has 0 fully saturated rings. The number of benzene rings is 2. The van der Waals surface area contributed by atoms with Crippen LogP contribution in [0.4, 0.5) is 20.3 Å². The van der Waals surface area contributed by atoms with Gasteiger partial charge >= 0.3 is 12.3 Å². The van der Waals surface area contributed by atoms with Gasteiger partial charge in [-0.3, -0.25) is 24.0 Å². The Morgan fingerprint density at radius 1 is 1.15 bits per heavy atom. The number of hydrogen-bond donors (Lipinski definition) is 2. The Balaban J connectivity index is 2.07. The van der Waals surface area contributed by atoms with E-state index in [9.17, 15) is 23.2 Å². The van der Waals surface area contributed by atoms with Crippen molar-refractivity contribution in [1.29, 1.82) is 0 Å². The van der Waals surface area contributed by atoms with Gasteiger partial charge in [0, 0.05) is 19.2 Å². The van der Waals surface area contributed by atoms with Crippen LogP contribution < -0.4 is 26.6 Å². The predicted octanol–water partition coefficient (Wildman–Crippen LogP) is 2.06. The van der Waals surface area contributed by atoms with Crippen LogP contribution in [0.1, 0.15) is 15.9 Å². The van der Waals surface area contributed by atoms with Crippen molar-refractivity contribution < 1.29 is 23.0 Å². The van der Waals surface area contributed by atoms with E-state index in [-0.39, 0.29) is 42.5 Å². The van der Waals surface area contributed by atoms with Crippen molar-refractivity contribution in [2.24, 2.45) is 0 Å². The van der Waals surface area contributed by atoms with Gasteiger partial charge in [-0.2, -0.15) is 8.78 Å². The molecule has 0 bridgehead atoms. The van der Waals surface area contributed by atoms with E-state index in [0.717, 1.165) is 21.1 Å². The molecule has 0 saturated heterocycles. The van der Waals surface area contributed by atoms with E-state index in [2.05, 4.69) is 9.72 Å². The number of carbonyl (C=O) groups excluding carboxylic acids is 1. The largest absolute Gasteiger partial charge is 0.435 e. The molecule has 2 aromatic carbocycles. The van der Waals surface area contributed by atoms with Crippen molar-refractivity contribution in [3.05, 3.63) is 86.6 Å². The van der Waals surface area contributed by atoms with Crippen LogP contribution in [0.15, 0.2) is 64.2 Å². The Morgan fingerprint density at radius 3 is 2.55 bits per heavy atom. The number of ether oxygens (including phenoxy) is 2. The zero-order valence-corrected chi connectivity index (χ0v) is 17.7. The molecule has 0 unspecified atom stereocenters. The third kappa shape index (κ3) is 5.63. The SMILES string of the molecule is COCCN(C(=O)c1cccc(OC(F)F)c1)c1c(N)n(Cc2ccccc2)c(=O)[nH]c1=O. The fourth-order valence-electron chi connectivity index (χ4n) is 3.22. The summed E-state index contributed by atoms with van der Waals surface area (Å²) in [4.78, 5) is 41.7. The molecule has 0 saturated carbocycles. The number of methoxy groups -OCH3 is 1. The topological polar surface area (TPSA) is 120 Å². The Morgan fingerprint density at radius 2 is 1.88 bits per heavy atom. The number of halogens is 2. The van der Waals surface area contributed by atoms with Gasteiger partial charge in [0.1, 0.15) is 11.6 Å². The first kappa shape index (κ1) is 23.7. The van der Waals surface area contributed by atoms with Gasteiger partial charge in [0.25, 0.3) is 11.5 Å². The van der Waals surface area contributed by atoms with E-state index in [4.69, 9.17) is 10.5 Å². The molecule has 3 N–H and O–H groups in total.